The fraction of sp³-hybridized carbons (Fsp3) is 0.360. The van der Waals surface area contributed by atoms with Crippen molar-refractivity contribution in [2.75, 3.05) is 0 Å². The number of aryl methyl sites for hydroxylation is 2. The molecule has 6 heteroatoms. The molecule has 0 unspecified atom stereocenters. The summed E-state index contributed by atoms with van der Waals surface area (Å²) in [5.41, 5.74) is 5.83. The summed E-state index contributed by atoms with van der Waals surface area (Å²) in [6.07, 6.45) is 6.76. The Balaban J connectivity index is 1.67. The zero-order valence-electron chi connectivity index (χ0n) is 17.9. The van der Waals surface area contributed by atoms with Crippen molar-refractivity contribution in [2.24, 2.45) is 5.92 Å². The van der Waals surface area contributed by atoms with Gasteiger partial charge < -0.3 is 4.52 Å². The van der Waals surface area contributed by atoms with Crippen LogP contribution in [0.15, 0.2) is 47.2 Å². The Morgan fingerprint density at radius 2 is 1.94 bits per heavy atom. The molecule has 0 amide bonds. The number of hydrogen-bond donors (Lipinski definition) is 0. The van der Waals surface area contributed by atoms with E-state index in [-0.39, 0.29) is 11.3 Å². The van der Waals surface area contributed by atoms with Crippen LogP contribution in [-0.2, 0) is 18.3 Å². The van der Waals surface area contributed by atoms with Gasteiger partial charge in [-0.2, -0.15) is 0 Å². The molecule has 0 aliphatic heterocycles. The second kappa shape index (κ2) is 6.82. The molecule has 0 spiro atoms. The molecular weight excluding hydrogens is 404 g/mol. The molecule has 1 aromatic carbocycles. The lowest BCUT2D eigenvalue weighted by molar-refractivity contribution is 0.188. The number of thiazole rings is 1. The summed E-state index contributed by atoms with van der Waals surface area (Å²) >= 11 is 1.71. The van der Waals surface area contributed by atoms with Gasteiger partial charge in [-0.3, -0.25) is 0 Å². The van der Waals surface area contributed by atoms with E-state index in [1.807, 2.05) is 26.2 Å². The second-order valence-corrected chi connectivity index (χ2v) is 10.1. The maximum atomic E-state index is 5.72. The standard InChI is InChI=1S/C25H24N4OS/c1-14-20-10-9-19-22(21-13-26-16(3)31-21)28-15(2)29-24(19)25(20,18-7-5-4-6-8-18)11-17-12-27-30-23(14)17/h4-8,12-14,20H,9-11H2,1-3H3/t14-,20-,25+/m0/s1. The largest absolute Gasteiger partial charge is 0.361 e. The Hall–Kier alpha value is -2.86. The molecule has 156 valence electrons. The molecule has 3 aromatic heterocycles. The number of fused-ring (bicyclic) bond motifs is 4. The molecule has 2 aliphatic carbocycles. The molecule has 0 bridgehead atoms. The van der Waals surface area contributed by atoms with Crippen LogP contribution in [0.3, 0.4) is 0 Å². The Labute approximate surface area is 185 Å². The number of aromatic nitrogens is 4. The van der Waals surface area contributed by atoms with E-state index in [9.17, 15) is 0 Å². The Morgan fingerprint density at radius 1 is 1.10 bits per heavy atom. The minimum atomic E-state index is -0.213. The van der Waals surface area contributed by atoms with Crippen LogP contribution in [0.1, 0.15) is 58.2 Å². The van der Waals surface area contributed by atoms with E-state index in [1.54, 1.807) is 11.3 Å². The fourth-order valence-corrected chi connectivity index (χ4v) is 6.73. The third-order valence-electron chi connectivity index (χ3n) is 7.19. The van der Waals surface area contributed by atoms with Crippen molar-refractivity contribution in [3.8, 4) is 10.6 Å². The molecule has 0 N–H and O–H groups in total. The van der Waals surface area contributed by atoms with Crippen molar-refractivity contribution in [3.63, 3.8) is 0 Å². The molecule has 31 heavy (non-hydrogen) atoms. The first-order valence-corrected chi connectivity index (χ1v) is 11.7. The van der Waals surface area contributed by atoms with Gasteiger partial charge in [0.15, 0.2) is 0 Å². The molecule has 3 heterocycles. The lowest BCUT2D eigenvalue weighted by Gasteiger charge is -2.50. The van der Waals surface area contributed by atoms with Crippen LogP contribution < -0.4 is 0 Å². The van der Waals surface area contributed by atoms with Gasteiger partial charge in [0.2, 0.25) is 0 Å². The molecular formula is C25H24N4OS. The smallest absolute Gasteiger partial charge is 0.143 e. The maximum absolute atomic E-state index is 5.72. The van der Waals surface area contributed by atoms with Crippen molar-refractivity contribution in [1.82, 2.24) is 20.1 Å². The van der Waals surface area contributed by atoms with Gasteiger partial charge in [0.05, 0.1) is 27.5 Å². The Kier molecular flexibility index (Phi) is 4.15. The van der Waals surface area contributed by atoms with Gasteiger partial charge in [0, 0.05) is 28.7 Å². The van der Waals surface area contributed by atoms with Crippen molar-refractivity contribution in [1.29, 1.82) is 0 Å². The summed E-state index contributed by atoms with van der Waals surface area (Å²) in [6, 6.07) is 10.9. The molecule has 2 aliphatic rings. The predicted molar refractivity (Wildman–Crippen MR) is 120 cm³/mol. The SMILES string of the molecule is Cc1nc(-c2cnc(C)s2)c2c(n1)[C@@]1(c3ccccc3)Cc3cnoc3[C@@H](C)[C@@H]1CC2. The lowest BCUT2D eigenvalue weighted by atomic mass is 9.53. The fourth-order valence-electron chi connectivity index (χ4n) is 5.94. The van der Waals surface area contributed by atoms with Crippen LogP contribution in [0.25, 0.3) is 10.6 Å². The zero-order chi connectivity index (χ0) is 21.2. The molecule has 0 radical (unpaired) electrons. The first kappa shape index (κ1) is 18.9. The normalized spacial score (nSPS) is 24.4. The topological polar surface area (TPSA) is 64.7 Å². The van der Waals surface area contributed by atoms with Crippen LogP contribution >= 0.6 is 11.3 Å². The number of hydrogen-bond acceptors (Lipinski definition) is 6. The summed E-state index contributed by atoms with van der Waals surface area (Å²) in [7, 11) is 0. The highest BCUT2D eigenvalue weighted by atomic mass is 32.1. The third-order valence-corrected chi connectivity index (χ3v) is 8.11. The third kappa shape index (κ3) is 2.67. The van der Waals surface area contributed by atoms with Crippen molar-refractivity contribution >= 4 is 11.3 Å². The van der Waals surface area contributed by atoms with Crippen molar-refractivity contribution in [2.45, 2.75) is 51.4 Å². The van der Waals surface area contributed by atoms with Gasteiger partial charge in [0.1, 0.15) is 11.6 Å². The highest BCUT2D eigenvalue weighted by Gasteiger charge is 2.54. The van der Waals surface area contributed by atoms with Gasteiger partial charge in [0.25, 0.3) is 0 Å². The number of rotatable bonds is 2. The number of nitrogens with zero attached hydrogens (tertiary/aromatic N) is 4. The van der Waals surface area contributed by atoms with Gasteiger partial charge in [-0.05, 0) is 44.6 Å². The average molecular weight is 429 g/mol. The van der Waals surface area contributed by atoms with Crippen LogP contribution in [0, 0.1) is 19.8 Å². The second-order valence-electron chi connectivity index (χ2n) is 8.85. The summed E-state index contributed by atoms with van der Waals surface area (Å²) in [5, 5.41) is 5.23. The molecule has 0 fully saturated rings. The van der Waals surface area contributed by atoms with Crippen LogP contribution in [0.4, 0.5) is 0 Å². The monoisotopic (exact) mass is 428 g/mol. The summed E-state index contributed by atoms with van der Waals surface area (Å²) < 4.78 is 5.72. The number of benzene rings is 1. The van der Waals surface area contributed by atoms with E-state index in [0.29, 0.717) is 5.92 Å². The molecule has 6 rings (SSSR count). The van der Waals surface area contributed by atoms with E-state index in [0.717, 1.165) is 46.4 Å². The molecule has 3 atom stereocenters. The van der Waals surface area contributed by atoms with Gasteiger partial charge in [-0.25, -0.2) is 15.0 Å². The molecule has 5 nitrogen and oxygen atoms in total. The molecule has 0 saturated heterocycles. The van der Waals surface area contributed by atoms with Gasteiger partial charge in [-0.1, -0.05) is 42.4 Å². The average Bonchev–Trinajstić information content (AvgIpc) is 3.43. The Morgan fingerprint density at radius 3 is 2.71 bits per heavy atom. The highest BCUT2D eigenvalue weighted by molar-refractivity contribution is 7.15. The highest BCUT2D eigenvalue weighted by Crippen LogP contribution is 2.57. The Bertz CT molecular complexity index is 1280. The van der Waals surface area contributed by atoms with Crippen LogP contribution in [-0.4, -0.2) is 20.1 Å². The van der Waals surface area contributed by atoms with Crippen LogP contribution in [0.2, 0.25) is 0 Å². The van der Waals surface area contributed by atoms with Gasteiger partial charge >= 0.3 is 0 Å². The molecule has 0 saturated carbocycles. The summed E-state index contributed by atoms with van der Waals surface area (Å²) in [6.45, 7) is 6.35. The van der Waals surface area contributed by atoms with Crippen molar-refractivity contribution < 1.29 is 4.52 Å². The maximum Gasteiger partial charge on any atom is 0.143 e. The van der Waals surface area contributed by atoms with E-state index < -0.39 is 0 Å². The predicted octanol–water partition coefficient (Wildman–Crippen LogP) is 5.41. The van der Waals surface area contributed by atoms with Crippen molar-refractivity contribution in [3.05, 3.63) is 81.7 Å². The minimum Gasteiger partial charge on any atom is -0.361 e. The lowest BCUT2D eigenvalue weighted by Crippen LogP contribution is -2.48. The first-order valence-electron chi connectivity index (χ1n) is 10.9. The minimum absolute atomic E-state index is 0.213. The molecule has 4 aromatic rings. The van der Waals surface area contributed by atoms with E-state index in [2.05, 4.69) is 47.4 Å². The summed E-state index contributed by atoms with van der Waals surface area (Å²) in [4.78, 5) is 15.7. The van der Waals surface area contributed by atoms with Gasteiger partial charge in [-0.15, -0.1) is 11.3 Å². The zero-order valence-corrected chi connectivity index (χ0v) is 18.7. The van der Waals surface area contributed by atoms with E-state index in [4.69, 9.17) is 14.5 Å². The first-order chi connectivity index (χ1) is 15.1. The van der Waals surface area contributed by atoms with E-state index >= 15 is 0 Å². The van der Waals surface area contributed by atoms with Crippen LogP contribution in [0.5, 0.6) is 0 Å². The quantitative estimate of drug-likeness (QED) is 0.427. The van der Waals surface area contributed by atoms with E-state index in [1.165, 1.54) is 22.4 Å². The summed E-state index contributed by atoms with van der Waals surface area (Å²) in [5.74, 6) is 2.54.